The molecule has 2 aromatic rings. The number of likely N-dealkylation sites (tertiary alicyclic amines) is 1. The Balaban J connectivity index is 1.71. The average molecular weight is 370 g/mol. The van der Waals surface area contributed by atoms with Gasteiger partial charge in [-0.15, -0.1) is 0 Å². The molecule has 1 saturated heterocycles. The molecule has 0 aromatic heterocycles. The molecule has 0 bridgehead atoms. The number of hydrogen-bond donors (Lipinski definition) is 2. The molecule has 2 N–H and O–H groups in total. The van der Waals surface area contributed by atoms with E-state index in [1.165, 1.54) is 6.07 Å². The molecular formula is C20H19FN2O4. The van der Waals surface area contributed by atoms with Crippen molar-refractivity contribution in [1.82, 2.24) is 4.90 Å². The maximum atomic E-state index is 14.0. The molecule has 0 atom stereocenters. The average Bonchev–Trinajstić information content (AvgIpc) is 2.63. The second-order valence-electron chi connectivity index (χ2n) is 6.43. The summed E-state index contributed by atoms with van der Waals surface area (Å²) in [5, 5.41) is 11.5. The SMILES string of the molecule is O=C(O)c1ccc(C(=O)Nc2cccc(CN3CCCCC3=O)c2)c(F)c1. The number of hydrogen-bond acceptors (Lipinski definition) is 3. The first kappa shape index (κ1) is 18.6. The van der Waals surface area contributed by atoms with Gasteiger partial charge in [-0.3, -0.25) is 9.59 Å². The van der Waals surface area contributed by atoms with Gasteiger partial charge in [0, 0.05) is 25.2 Å². The lowest BCUT2D eigenvalue weighted by Gasteiger charge is -2.26. The van der Waals surface area contributed by atoms with Crippen LogP contribution in [0.15, 0.2) is 42.5 Å². The molecule has 1 aliphatic heterocycles. The maximum Gasteiger partial charge on any atom is 0.335 e. The molecular weight excluding hydrogens is 351 g/mol. The molecule has 7 heteroatoms. The Hall–Kier alpha value is -3.22. The number of nitrogens with one attached hydrogen (secondary N) is 1. The highest BCUT2D eigenvalue weighted by Gasteiger charge is 2.18. The van der Waals surface area contributed by atoms with Crippen molar-refractivity contribution in [2.24, 2.45) is 0 Å². The fourth-order valence-electron chi connectivity index (χ4n) is 3.03. The molecule has 27 heavy (non-hydrogen) atoms. The third-order valence-electron chi connectivity index (χ3n) is 4.44. The third kappa shape index (κ3) is 4.49. The Bertz CT molecular complexity index is 897. The number of aromatic carboxylic acids is 1. The van der Waals surface area contributed by atoms with Gasteiger partial charge in [0.05, 0.1) is 11.1 Å². The van der Waals surface area contributed by atoms with Gasteiger partial charge in [-0.2, -0.15) is 0 Å². The molecule has 0 spiro atoms. The number of nitrogens with zero attached hydrogens (tertiary/aromatic N) is 1. The van der Waals surface area contributed by atoms with E-state index >= 15 is 0 Å². The Morgan fingerprint density at radius 2 is 1.96 bits per heavy atom. The number of carbonyl (C=O) groups excluding carboxylic acids is 2. The minimum Gasteiger partial charge on any atom is -0.478 e. The highest BCUT2D eigenvalue weighted by atomic mass is 19.1. The number of amides is 2. The molecule has 3 rings (SSSR count). The molecule has 0 radical (unpaired) electrons. The van der Waals surface area contributed by atoms with E-state index in [9.17, 15) is 18.8 Å². The smallest absolute Gasteiger partial charge is 0.335 e. The van der Waals surface area contributed by atoms with Crippen LogP contribution in [0.25, 0.3) is 0 Å². The van der Waals surface area contributed by atoms with Crippen molar-refractivity contribution in [3.05, 3.63) is 65.0 Å². The summed E-state index contributed by atoms with van der Waals surface area (Å²) in [6, 6.07) is 10.2. The summed E-state index contributed by atoms with van der Waals surface area (Å²) in [6.07, 6.45) is 2.45. The summed E-state index contributed by atoms with van der Waals surface area (Å²) >= 11 is 0. The quantitative estimate of drug-likeness (QED) is 0.846. The first-order valence-corrected chi connectivity index (χ1v) is 8.65. The van der Waals surface area contributed by atoms with Crippen LogP contribution in [0.4, 0.5) is 10.1 Å². The van der Waals surface area contributed by atoms with Crippen LogP contribution < -0.4 is 5.32 Å². The highest BCUT2D eigenvalue weighted by Crippen LogP contribution is 2.18. The van der Waals surface area contributed by atoms with Gasteiger partial charge < -0.3 is 15.3 Å². The number of anilines is 1. The number of benzene rings is 2. The Labute approximate surface area is 155 Å². The monoisotopic (exact) mass is 370 g/mol. The predicted octanol–water partition coefficient (Wildman–Crippen LogP) is 3.29. The first-order valence-electron chi connectivity index (χ1n) is 8.65. The van der Waals surface area contributed by atoms with Gasteiger partial charge in [0.1, 0.15) is 5.82 Å². The molecule has 140 valence electrons. The van der Waals surface area contributed by atoms with Crippen LogP contribution in [0.1, 0.15) is 45.5 Å². The van der Waals surface area contributed by atoms with Gasteiger partial charge >= 0.3 is 5.97 Å². The molecule has 0 unspecified atom stereocenters. The van der Waals surface area contributed by atoms with E-state index in [0.29, 0.717) is 18.7 Å². The van der Waals surface area contributed by atoms with E-state index in [1.54, 1.807) is 23.1 Å². The maximum absolute atomic E-state index is 14.0. The third-order valence-corrected chi connectivity index (χ3v) is 4.44. The number of rotatable bonds is 5. The van der Waals surface area contributed by atoms with Crippen molar-refractivity contribution in [2.75, 3.05) is 11.9 Å². The van der Waals surface area contributed by atoms with E-state index in [-0.39, 0.29) is 17.0 Å². The van der Waals surface area contributed by atoms with Crippen molar-refractivity contribution in [1.29, 1.82) is 0 Å². The van der Waals surface area contributed by atoms with Gasteiger partial charge in [0.2, 0.25) is 5.91 Å². The van der Waals surface area contributed by atoms with Gasteiger partial charge in [-0.05, 0) is 48.7 Å². The Morgan fingerprint density at radius 3 is 2.67 bits per heavy atom. The lowest BCUT2D eigenvalue weighted by molar-refractivity contribution is -0.133. The van der Waals surface area contributed by atoms with E-state index < -0.39 is 17.7 Å². The molecule has 0 aliphatic carbocycles. The topological polar surface area (TPSA) is 86.7 Å². The van der Waals surface area contributed by atoms with E-state index in [1.807, 2.05) is 6.07 Å². The highest BCUT2D eigenvalue weighted by molar-refractivity contribution is 6.05. The van der Waals surface area contributed by atoms with Crippen LogP contribution in [0, 0.1) is 5.82 Å². The normalized spacial score (nSPS) is 14.1. The van der Waals surface area contributed by atoms with Crippen LogP contribution >= 0.6 is 0 Å². The van der Waals surface area contributed by atoms with Gasteiger partial charge in [-0.25, -0.2) is 9.18 Å². The lowest BCUT2D eigenvalue weighted by atomic mass is 10.1. The molecule has 2 amide bonds. The van der Waals surface area contributed by atoms with Crippen LogP contribution in [0.3, 0.4) is 0 Å². The molecule has 6 nitrogen and oxygen atoms in total. The number of carbonyl (C=O) groups is 3. The molecule has 1 aliphatic rings. The largest absolute Gasteiger partial charge is 0.478 e. The molecule has 1 heterocycles. The number of carboxylic acids is 1. The Morgan fingerprint density at radius 1 is 1.15 bits per heavy atom. The summed E-state index contributed by atoms with van der Waals surface area (Å²) in [4.78, 5) is 36.9. The second kappa shape index (κ2) is 7.99. The number of carboxylic acid groups (broad SMARTS) is 1. The zero-order chi connectivity index (χ0) is 19.4. The number of piperidine rings is 1. The molecule has 0 saturated carbocycles. The van der Waals surface area contributed by atoms with Gasteiger partial charge in [0.25, 0.3) is 5.91 Å². The zero-order valence-electron chi connectivity index (χ0n) is 14.6. The van der Waals surface area contributed by atoms with Crippen molar-refractivity contribution >= 4 is 23.5 Å². The van der Waals surface area contributed by atoms with Gasteiger partial charge in [-0.1, -0.05) is 12.1 Å². The number of halogens is 1. The van der Waals surface area contributed by atoms with E-state index in [2.05, 4.69) is 5.32 Å². The van der Waals surface area contributed by atoms with Crippen molar-refractivity contribution in [3.63, 3.8) is 0 Å². The minimum atomic E-state index is -1.26. The van der Waals surface area contributed by atoms with E-state index in [0.717, 1.165) is 37.1 Å². The van der Waals surface area contributed by atoms with Crippen molar-refractivity contribution in [2.45, 2.75) is 25.8 Å². The first-order chi connectivity index (χ1) is 12.9. The summed E-state index contributed by atoms with van der Waals surface area (Å²) in [5.74, 6) is -2.71. The van der Waals surface area contributed by atoms with Crippen LogP contribution in [0.5, 0.6) is 0 Å². The fraction of sp³-hybridized carbons (Fsp3) is 0.250. The fourth-order valence-corrected chi connectivity index (χ4v) is 3.03. The summed E-state index contributed by atoms with van der Waals surface area (Å²) < 4.78 is 14.0. The van der Waals surface area contributed by atoms with E-state index in [4.69, 9.17) is 5.11 Å². The molecule has 1 fully saturated rings. The molecule has 2 aromatic carbocycles. The minimum absolute atomic E-state index is 0.122. The Kier molecular flexibility index (Phi) is 5.49. The summed E-state index contributed by atoms with van der Waals surface area (Å²) in [7, 11) is 0. The summed E-state index contributed by atoms with van der Waals surface area (Å²) in [5.41, 5.74) is 0.877. The van der Waals surface area contributed by atoms with Crippen molar-refractivity contribution in [3.8, 4) is 0 Å². The van der Waals surface area contributed by atoms with Gasteiger partial charge in [0.15, 0.2) is 0 Å². The zero-order valence-corrected chi connectivity index (χ0v) is 14.6. The standard InChI is InChI=1S/C20H19FN2O4/c21-17-11-14(20(26)27)7-8-16(17)19(25)22-15-5-3-4-13(10-15)12-23-9-2-1-6-18(23)24/h3-5,7-8,10-11H,1-2,6,9,12H2,(H,22,25)(H,26,27). The van der Waals surface area contributed by atoms with Crippen LogP contribution in [0.2, 0.25) is 0 Å². The lowest BCUT2D eigenvalue weighted by Crippen LogP contribution is -2.34. The van der Waals surface area contributed by atoms with Crippen LogP contribution in [-0.2, 0) is 11.3 Å². The predicted molar refractivity (Wildman–Crippen MR) is 97.0 cm³/mol. The van der Waals surface area contributed by atoms with Crippen LogP contribution in [-0.4, -0.2) is 34.3 Å². The van der Waals surface area contributed by atoms with Crippen molar-refractivity contribution < 1.29 is 23.9 Å². The summed E-state index contributed by atoms with van der Waals surface area (Å²) in [6.45, 7) is 1.18. The second-order valence-corrected chi connectivity index (χ2v) is 6.43.